The standard InChI is InChI=1S/2C26H26O5.Ca/c2*1-18-7-8-20(24-6-4-3-5-19(24)2)13-21(18)14-30-23-11-9-22(10-12-23)26(16-29-17-26)31-15-25(27)28;/h2*3-13H,14-17H2,1-2H3,(H,27,28);/q;;+2/p-2. The van der Waals surface area contributed by atoms with Crippen molar-refractivity contribution < 1.29 is 48.2 Å². The zero-order valence-electron chi connectivity index (χ0n) is 36.1. The van der Waals surface area contributed by atoms with Crippen molar-refractivity contribution in [2.24, 2.45) is 0 Å². The van der Waals surface area contributed by atoms with Crippen LogP contribution in [0.25, 0.3) is 22.3 Å². The van der Waals surface area contributed by atoms with Crippen LogP contribution < -0.4 is 19.7 Å². The van der Waals surface area contributed by atoms with E-state index >= 15 is 0 Å². The maximum Gasteiger partial charge on any atom is 2.00 e. The van der Waals surface area contributed by atoms with Gasteiger partial charge in [-0.05, 0) is 131 Å². The Hall–Kier alpha value is -5.04. The van der Waals surface area contributed by atoms with Crippen LogP contribution >= 0.6 is 0 Å². The molecule has 0 unspecified atom stereocenters. The van der Waals surface area contributed by atoms with Crippen LogP contribution in [0.2, 0.25) is 0 Å². The first kappa shape index (κ1) is 47.4. The monoisotopic (exact) mass is 874 g/mol. The molecule has 2 aliphatic heterocycles. The van der Waals surface area contributed by atoms with Gasteiger partial charge < -0.3 is 48.2 Å². The molecule has 0 radical (unpaired) electrons. The summed E-state index contributed by atoms with van der Waals surface area (Å²) in [7, 11) is 0. The number of rotatable bonds is 16. The Labute approximate surface area is 398 Å². The number of aliphatic carboxylic acids is 2. The number of hydrogen-bond acceptors (Lipinski definition) is 10. The first-order chi connectivity index (χ1) is 29.9. The van der Waals surface area contributed by atoms with Crippen LogP contribution in [-0.2, 0) is 53.0 Å². The van der Waals surface area contributed by atoms with Gasteiger partial charge in [0, 0.05) is 0 Å². The molecule has 2 heterocycles. The van der Waals surface area contributed by atoms with Gasteiger partial charge in [0.15, 0.2) is 0 Å². The molecule has 2 fully saturated rings. The minimum Gasteiger partial charge on any atom is -0.548 e. The van der Waals surface area contributed by atoms with Crippen LogP contribution in [0.4, 0.5) is 0 Å². The quantitative estimate of drug-likeness (QED) is 0.0968. The Balaban J connectivity index is 0.000000206. The molecule has 0 atom stereocenters. The van der Waals surface area contributed by atoms with Crippen LogP contribution in [0.3, 0.4) is 0 Å². The van der Waals surface area contributed by atoms with Gasteiger partial charge in [-0.25, -0.2) is 0 Å². The van der Waals surface area contributed by atoms with Crippen LogP contribution in [0.1, 0.15) is 44.5 Å². The molecular formula is C52H50CaO10. The fourth-order valence-corrected chi connectivity index (χ4v) is 7.45. The predicted octanol–water partition coefficient (Wildman–Crippen LogP) is 6.70. The van der Waals surface area contributed by atoms with Crippen molar-refractivity contribution in [1.82, 2.24) is 0 Å². The normalized spacial score (nSPS) is 14.4. The number of hydrogen-bond donors (Lipinski definition) is 0. The Morgan fingerprint density at radius 2 is 0.873 bits per heavy atom. The smallest absolute Gasteiger partial charge is 0.548 e. The van der Waals surface area contributed by atoms with Gasteiger partial charge in [-0.15, -0.1) is 0 Å². The van der Waals surface area contributed by atoms with Crippen LogP contribution in [-0.4, -0.2) is 89.3 Å². The van der Waals surface area contributed by atoms with Gasteiger partial charge in [-0.2, -0.15) is 0 Å². The van der Waals surface area contributed by atoms with E-state index in [-0.39, 0.29) is 37.7 Å². The van der Waals surface area contributed by atoms with E-state index in [9.17, 15) is 19.8 Å². The number of carboxylic acid groups (broad SMARTS) is 2. The van der Waals surface area contributed by atoms with Gasteiger partial charge in [0.25, 0.3) is 0 Å². The van der Waals surface area contributed by atoms with Crippen molar-refractivity contribution in [3.05, 3.63) is 178 Å². The topological polar surface area (TPSA) is 136 Å². The van der Waals surface area contributed by atoms with Crippen molar-refractivity contribution in [2.75, 3.05) is 39.6 Å². The summed E-state index contributed by atoms with van der Waals surface area (Å²) in [5.41, 5.74) is 12.2. The van der Waals surface area contributed by atoms with Crippen LogP contribution in [0, 0.1) is 27.7 Å². The minimum absolute atomic E-state index is 0. The second kappa shape index (κ2) is 21.6. The minimum atomic E-state index is -1.24. The number of ether oxygens (including phenoxy) is 6. The van der Waals surface area contributed by atoms with E-state index in [0.717, 1.165) is 33.8 Å². The molecule has 2 aliphatic rings. The maximum atomic E-state index is 10.8. The summed E-state index contributed by atoms with van der Waals surface area (Å²) in [6.45, 7) is 9.69. The molecule has 6 aromatic carbocycles. The van der Waals surface area contributed by atoms with Crippen molar-refractivity contribution in [2.45, 2.75) is 52.1 Å². The molecule has 0 amide bonds. The van der Waals surface area contributed by atoms with Gasteiger partial charge in [0.2, 0.25) is 0 Å². The summed E-state index contributed by atoms with van der Waals surface area (Å²) >= 11 is 0. The Morgan fingerprint density at radius 3 is 1.19 bits per heavy atom. The third kappa shape index (κ3) is 11.8. The van der Waals surface area contributed by atoms with E-state index < -0.39 is 36.4 Å². The fourth-order valence-electron chi connectivity index (χ4n) is 7.45. The molecular weight excluding hydrogens is 825 g/mol. The number of benzene rings is 6. The summed E-state index contributed by atoms with van der Waals surface area (Å²) in [4.78, 5) is 21.5. The van der Waals surface area contributed by atoms with E-state index in [1.165, 1.54) is 44.5 Å². The summed E-state index contributed by atoms with van der Waals surface area (Å²) < 4.78 is 33.7. The average Bonchev–Trinajstić information content (AvgIpc) is 3.24. The van der Waals surface area contributed by atoms with Crippen molar-refractivity contribution in [1.29, 1.82) is 0 Å². The fraction of sp³-hybridized carbons (Fsp3) is 0.269. The molecule has 2 saturated heterocycles. The molecule has 8 rings (SSSR count). The van der Waals surface area contributed by atoms with Crippen molar-refractivity contribution in [3.8, 4) is 33.8 Å². The number of carbonyl (C=O) groups excluding carboxylic acids is 2. The van der Waals surface area contributed by atoms with Gasteiger partial charge in [-0.1, -0.05) is 97.1 Å². The van der Waals surface area contributed by atoms with Gasteiger partial charge in [-0.3, -0.25) is 0 Å². The summed E-state index contributed by atoms with van der Waals surface area (Å²) in [5, 5.41) is 21.5. The number of aryl methyl sites for hydroxylation is 4. The van der Waals surface area contributed by atoms with E-state index in [4.69, 9.17) is 28.4 Å². The first-order valence-corrected chi connectivity index (χ1v) is 20.5. The van der Waals surface area contributed by atoms with Gasteiger partial charge in [0.1, 0.15) is 35.9 Å². The maximum absolute atomic E-state index is 10.8. The van der Waals surface area contributed by atoms with Gasteiger partial charge >= 0.3 is 37.7 Å². The van der Waals surface area contributed by atoms with Crippen molar-refractivity contribution in [3.63, 3.8) is 0 Å². The molecule has 0 spiro atoms. The SMILES string of the molecule is Cc1ccc(-c2ccccc2C)cc1COc1ccc(C2(OCC(=O)[O-])COC2)cc1.Cc1ccc(-c2ccccc2C)cc1COc1ccc(C2(OCC(=O)[O-])COC2)cc1.[Ca+2]. The summed E-state index contributed by atoms with van der Waals surface area (Å²) in [6, 6.07) is 44.6. The third-order valence-electron chi connectivity index (χ3n) is 11.4. The Bertz CT molecular complexity index is 2320. The average molecular weight is 875 g/mol. The molecule has 11 heteroatoms. The molecule has 0 aliphatic carbocycles. The second-order valence-electron chi connectivity index (χ2n) is 15.8. The summed E-state index contributed by atoms with van der Waals surface area (Å²) in [5.74, 6) is -1.01. The molecule has 10 nitrogen and oxygen atoms in total. The predicted molar refractivity (Wildman–Crippen MR) is 237 cm³/mol. The van der Waals surface area contributed by atoms with E-state index in [2.05, 4.69) is 100 Å². The van der Waals surface area contributed by atoms with Crippen LogP contribution in [0.5, 0.6) is 11.5 Å². The van der Waals surface area contributed by atoms with E-state index in [1.54, 1.807) is 0 Å². The Kier molecular flexibility index (Phi) is 16.2. The first-order valence-electron chi connectivity index (χ1n) is 20.5. The Morgan fingerprint density at radius 1 is 0.508 bits per heavy atom. The number of carboxylic acids is 2. The van der Waals surface area contributed by atoms with Crippen LogP contribution in [0.15, 0.2) is 133 Å². The third-order valence-corrected chi connectivity index (χ3v) is 11.4. The zero-order valence-corrected chi connectivity index (χ0v) is 38.4. The molecule has 63 heavy (non-hydrogen) atoms. The number of carbonyl (C=O) groups is 2. The molecule has 6 aromatic rings. The molecule has 0 saturated carbocycles. The molecule has 0 bridgehead atoms. The van der Waals surface area contributed by atoms with Gasteiger partial charge in [0.05, 0.1) is 51.6 Å². The largest absolute Gasteiger partial charge is 2.00 e. The van der Waals surface area contributed by atoms with E-state index in [1.807, 2.05) is 60.7 Å². The second-order valence-corrected chi connectivity index (χ2v) is 15.8. The molecule has 0 aromatic heterocycles. The molecule has 320 valence electrons. The van der Waals surface area contributed by atoms with Crippen molar-refractivity contribution >= 4 is 49.7 Å². The zero-order chi connectivity index (χ0) is 43.7. The van der Waals surface area contributed by atoms with E-state index in [0.29, 0.717) is 39.6 Å². The molecule has 0 N–H and O–H groups in total. The summed E-state index contributed by atoms with van der Waals surface area (Å²) in [6.07, 6.45) is 0.